The van der Waals surface area contributed by atoms with Crippen LogP contribution in [0, 0.1) is 12.7 Å². The Morgan fingerprint density at radius 3 is 2.32 bits per heavy atom. The van der Waals surface area contributed by atoms with Gasteiger partial charge in [0.25, 0.3) is 5.91 Å². The molecule has 0 spiro atoms. The van der Waals surface area contributed by atoms with Crippen molar-refractivity contribution in [3.63, 3.8) is 0 Å². The molecule has 0 saturated carbocycles. The topological polar surface area (TPSA) is 66.6 Å². The first-order valence-electron chi connectivity index (χ1n) is 9.12. The summed E-state index contributed by atoms with van der Waals surface area (Å²) in [4.78, 5) is 28.4. The van der Waals surface area contributed by atoms with Gasteiger partial charge in [-0.25, -0.2) is 4.39 Å². The molecular formula is C21H25ClFN3O2. The van der Waals surface area contributed by atoms with Crippen LogP contribution in [0.3, 0.4) is 0 Å². The third-order valence-electron chi connectivity index (χ3n) is 5.00. The standard InChI is InChI=1S/C21H24FN3O2.ClH/c1-15-6-7-17(14-18(15)22)21(27)25-12-10-24(11-13-25)20(26)9-8-16-4-2-3-5-19(16)23;/h2-7,14H,8-13,23H2,1H3;1H. The molecule has 0 bridgehead atoms. The van der Waals surface area contributed by atoms with E-state index < -0.39 is 0 Å². The maximum atomic E-state index is 13.7. The van der Waals surface area contributed by atoms with Crippen molar-refractivity contribution in [3.05, 3.63) is 65.0 Å². The number of para-hydroxylation sites is 1. The number of nitrogen functional groups attached to an aromatic ring is 1. The van der Waals surface area contributed by atoms with Crippen LogP contribution in [0.2, 0.25) is 0 Å². The third kappa shape index (κ3) is 5.01. The lowest BCUT2D eigenvalue weighted by Gasteiger charge is -2.35. The van der Waals surface area contributed by atoms with E-state index in [1.54, 1.807) is 28.9 Å². The summed E-state index contributed by atoms with van der Waals surface area (Å²) < 4.78 is 13.7. The average Bonchev–Trinajstić information content (AvgIpc) is 2.69. The molecule has 1 aliphatic heterocycles. The molecule has 2 aromatic rings. The lowest BCUT2D eigenvalue weighted by molar-refractivity contribution is -0.132. The Hall–Kier alpha value is -2.60. The van der Waals surface area contributed by atoms with Crippen molar-refractivity contribution in [2.24, 2.45) is 0 Å². The predicted octanol–water partition coefficient (Wildman–Crippen LogP) is 3.06. The summed E-state index contributed by atoms with van der Waals surface area (Å²) in [5, 5.41) is 0. The first-order valence-corrected chi connectivity index (χ1v) is 9.12. The molecule has 150 valence electrons. The number of carbonyl (C=O) groups is 2. The fourth-order valence-electron chi connectivity index (χ4n) is 3.23. The maximum Gasteiger partial charge on any atom is 0.254 e. The van der Waals surface area contributed by atoms with Crippen LogP contribution in [-0.2, 0) is 11.2 Å². The Labute approximate surface area is 170 Å². The molecule has 5 nitrogen and oxygen atoms in total. The lowest BCUT2D eigenvalue weighted by Crippen LogP contribution is -2.50. The molecule has 3 rings (SSSR count). The second-order valence-corrected chi connectivity index (χ2v) is 6.84. The van der Waals surface area contributed by atoms with Gasteiger partial charge in [0.05, 0.1) is 0 Å². The van der Waals surface area contributed by atoms with E-state index in [0.717, 1.165) is 5.56 Å². The van der Waals surface area contributed by atoms with E-state index in [1.165, 1.54) is 6.07 Å². The van der Waals surface area contributed by atoms with Gasteiger partial charge in [-0.2, -0.15) is 0 Å². The van der Waals surface area contributed by atoms with Crippen LogP contribution in [0.4, 0.5) is 10.1 Å². The van der Waals surface area contributed by atoms with E-state index in [-0.39, 0.29) is 30.0 Å². The highest BCUT2D eigenvalue weighted by Crippen LogP contribution is 2.16. The lowest BCUT2D eigenvalue weighted by atomic mass is 10.1. The van der Waals surface area contributed by atoms with Gasteiger partial charge in [0.15, 0.2) is 0 Å². The Balaban J connectivity index is 0.00000280. The molecule has 1 aliphatic rings. The Kier molecular flexibility index (Phi) is 7.40. The van der Waals surface area contributed by atoms with Gasteiger partial charge in [0, 0.05) is 43.9 Å². The van der Waals surface area contributed by atoms with Gasteiger partial charge in [0.1, 0.15) is 5.82 Å². The highest BCUT2D eigenvalue weighted by Gasteiger charge is 2.25. The van der Waals surface area contributed by atoms with Gasteiger partial charge in [-0.1, -0.05) is 24.3 Å². The highest BCUT2D eigenvalue weighted by molar-refractivity contribution is 5.94. The number of benzene rings is 2. The van der Waals surface area contributed by atoms with Crippen molar-refractivity contribution < 1.29 is 14.0 Å². The number of nitrogens with two attached hydrogens (primary N) is 1. The number of halogens is 2. The molecular weight excluding hydrogens is 381 g/mol. The van der Waals surface area contributed by atoms with Crippen molar-refractivity contribution in [3.8, 4) is 0 Å². The first kappa shape index (κ1) is 21.7. The third-order valence-corrected chi connectivity index (χ3v) is 5.00. The number of rotatable bonds is 4. The van der Waals surface area contributed by atoms with E-state index >= 15 is 0 Å². The van der Waals surface area contributed by atoms with Gasteiger partial charge >= 0.3 is 0 Å². The minimum Gasteiger partial charge on any atom is -0.399 e. The molecule has 1 saturated heterocycles. The number of piperazine rings is 1. The normalized spacial score (nSPS) is 13.8. The molecule has 1 heterocycles. The second-order valence-electron chi connectivity index (χ2n) is 6.84. The van der Waals surface area contributed by atoms with Gasteiger partial charge in [0.2, 0.25) is 5.91 Å². The molecule has 0 aromatic heterocycles. The number of nitrogens with zero attached hydrogens (tertiary/aromatic N) is 2. The molecule has 7 heteroatoms. The molecule has 2 N–H and O–H groups in total. The monoisotopic (exact) mass is 405 g/mol. The zero-order chi connectivity index (χ0) is 19.4. The summed E-state index contributed by atoms with van der Waals surface area (Å²) in [6.45, 7) is 3.55. The Bertz CT molecular complexity index is 851. The minimum absolute atomic E-state index is 0. The van der Waals surface area contributed by atoms with Crippen LogP contribution >= 0.6 is 12.4 Å². The summed E-state index contributed by atoms with van der Waals surface area (Å²) in [5.74, 6) is -0.514. The van der Waals surface area contributed by atoms with E-state index in [4.69, 9.17) is 5.73 Å². The summed E-state index contributed by atoms with van der Waals surface area (Å²) in [7, 11) is 0. The van der Waals surface area contributed by atoms with Crippen LogP contribution in [0.25, 0.3) is 0 Å². The molecule has 0 unspecified atom stereocenters. The van der Waals surface area contributed by atoms with E-state index in [9.17, 15) is 14.0 Å². The SMILES string of the molecule is Cc1ccc(C(=O)N2CCN(C(=O)CCc3ccccc3N)CC2)cc1F.Cl. The summed E-state index contributed by atoms with van der Waals surface area (Å²) in [6.07, 6.45) is 0.999. The summed E-state index contributed by atoms with van der Waals surface area (Å²) >= 11 is 0. The van der Waals surface area contributed by atoms with Crippen LogP contribution in [0.15, 0.2) is 42.5 Å². The Morgan fingerprint density at radius 2 is 1.68 bits per heavy atom. The van der Waals surface area contributed by atoms with Gasteiger partial charge in [-0.3, -0.25) is 9.59 Å². The highest BCUT2D eigenvalue weighted by atomic mass is 35.5. The van der Waals surface area contributed by atoms with Crippen molar-refractivity contribution in [2.75, 3.05) is 31.9 Å². The number of carbonyl (C=O) groups excluding carboxylic acids is 2. The Morgan fingerprint density at radius 1 is 1.04 bits per heavy atom. The predicted molar refractivity (Wildman–Crippen MR) is 110 cm³/mol. The molecule has 0 aliphatic carbocycles. The quantitative estimate of drug-likeness (QED) is 0.795. The molecule has 2 amide bonds. The zero-order valence-corrected chi connectivity index (χ0v) is 16.7. The van der Waals surface area contributed by atoms with Crippen molar-refractivity contribution >= 4 is 29.9 Å². The number of anilines is 1. The summed E-state index contributed by atoms with van der Waals surface area (Å²) in [6, 6.07) is 12.1. The fraction of sp³-hybridized carbons (Fsp3) is 0.333. The molecule has 0 radical (unpaired) electrons. The van der Waals surface area contributed by atoms with Crippen LogP contribution < -0.4 is 5.73 Å². The molecule has 2 aromatic carbocycles. The molecule has 28 heavy (non-hydrogen) atoms. The summed E-state index contributed by atoms with van der Waals surface area (Å²) in [5.41, 5.74) is 8.45. The number of hydrogen-bond donors (Lipinski definition) is 1. The van der Waals surface area contributed by atoms with Crippen molar-refractivity contribution in [2.45, 2.75) is 19.8 Å². The number of hydrogen-bond acceptors (Lipinski definition) is 3. The molecule has 0 atom stereocenters. The largest absolute Gasteiger partial charge is 0.399 e. The smallest absolute Gasteiger partial charge is 0.254 e. The van der Waals surface area contributed by atoms with Crippen LogP contribution in [-0.4, -0.2) is 47.8 Å². The second kappa shape index (κ2) is 9.55. The van der Waals surface area contributed by atoms with Crippen LogP contribution in [0.5, 0.6) is 0 Å². The van der Waals surface area contributed by atoms with Gasteiger partial charge in [-0.15, -0.1) is 12.4 Å². The average molecular weight is 406 g/mol. The maximum absolute atomic E-state index is 13.7. The van der Waals surface area contributed by atoms with Gasteiger partial charge in [-0.05, 0) is 42.7 Å². The zero-order valence-electron chi connectivity index (χ0n) is 15.9. The van der Waals surface area contributed by atoms with E-state index in [0.29, 0.717) is 55.8 Å². The van der Waals surface area contributed by atoms with Gasteiger partial charge < -0.3 is 15.5 Å². The van der Waals surface area contributed by atoms with E-state index in [2.05, 4.69) is 0 Å². The van der Waals surface area contributed by atoms with Crippen molar-refractivity contribution in [1.82, 2.24) is 9.80 Å². The number of amides is 2. The van der Waals surface area contributed by atoms with Crippen molar-refractivity contribution in [1.29, 1.82) is 0 Å². The molecule has 1 fully saturated rings. The minimum atomic E-state index is -0.380. The number of aryl methyl sites for hydroxylation is 2. The van der Waals surface area contributed by atoms with Crippen LogP contribution in [0.1, 0.15) is 27.9 Å². The fourth-order valence-corrected chi connectivity index (χ4v) is 3.23. The first-order chi connectivity index (χ1) is 13.0. The van der Waals surface area contributed by atoms with E-state index in [1.807, 2.05) is 24.3 Å².